The lowest BCUT2D eigenvalue weighted by Crippen LogP contribution is -2.47. The molecule has 0 spiro atoms. The molecular formula is C16H21NO4. The minimum Gasteiger partial charge on any atom is -0.467 e. The first-order chi connectivity index (χ1) is 9.84. The van der Waals surface area contributed by atoms with Gasteiger partial charge in [-0.1, -0.05) is 51.1 Å². The van der Waals surface area contributed by atoms with Crippen LogP contribution in [0.2, 0.25) is 0 Å². The number of esters is 1. The van der Waals surface area contributed by atoms with Gasteiger partial charge in [0.1, 0.15) is 6.10 Å². The average molecular weight is 291 g/mol. The van der Waals surface area contributed by atoms with Gasteiger partial charge >= 0.3 is 12.1 Å². The highest BCUT2D eigenvalue weighted by Crippen LogP contribution is 2.34. The number of hydrogen-bond acceptors (Lipinski definition) is 4. The molecule has 0 saturated carbocycles. The first-order valence-electron chi connectivity index (χ1n) is 6.93. The Hall–Kier alpha value is -2.04. The molecule has 1 aliphatic rings. The van der Waals surface area contributed by atoms with Crippen LogP contribution in [-0.4, -0.2) is 36.2 Å². The third kappa shape index (κ3) is 3.17. The third-order valence-electron chi connectivity index (χ3n) is 3.58. The van der Waals surface area contributed by atoms with Crippen LogP contribution in [-0.2, 0) is 20.8 Å². The van der Waals surface area contributed by atoms with Crippen molar-refractivity contribution in [2.75, 3.05) is 7.11 Å². The highest BCUT2D eigenvalue weighted by molar-refractivity contribution is 5.85. The monoisotopic (exact) mass is 291 g/mol. The van der Waals surface area contributed by atoms with Crippen molar-refractivity contribution in [2.24, 2.45) is 5.41 Å². The zero-order valence-electron chi connectivity index (χ0n) is 12.8. The molecule has 0 aliphatic carbocycles. The summed E-state index contributed by atoms with van der Waals surface area (Å²) in [5, 5.41) is 0. The van der Waals surface area contributed by atoms with E-state index in [4.69, 9.17) is 9.47 Å². The number of benzene rings is 1. The van der Waals surface area contributed by atoms with Crippen LogP contribution in [0.15, 0.2) is 30.3 Å². The molecule has 2 atom stereocenters. The fourth-order valence-electron chi connectivity index (χ4n) is 2.48. The molecule has 0 unspecified atom stereocenters. The molecule has 0 aromatic heterocycles. The maximum Gasteiger partial charge on any atom is 0.411 e. The SMILES string of the molecule is COC(=O)[C@H]1[C@H](C(C)(C)C)OC(=O)N1Cc1ccccc1. The van der Waals surface area contributed by atoms with Gasteiger partial charge in [0.2, 0.25) is 0 Å². The summed E-state index contributed by atoms with van der Waals surface area (Å²) in [7, 11) is 1.32. The minimum absolute atomic E-state index is 0.325. The Morgan fingerprint density at radius 1 is 1.29 bits per heavy atom. The number of nitrogens with zero attached hydrogens (tertiary/aromatic N) is 1. The number of amides is 1. The summed E-state index contributed by atoms with van der Waals surface area (Å²) in [4.78, 5) is 25.7. The number of hydrogen-bond donors (Lipinski definition) is 0. The fourth-order valence-corrected chi connectivity index (χ4v) is 2.48. The molecule has 21 heavy (non-hydrogen) atoms. The second-order valence-corrected chi connectivity index (χ2v) is 6.25. The Balaban J connectivity index is 2.29. The van der Waals surface area contributed by atoms with E-state index < -0.39 is 24.2 Å². The highest BCUT2D eigenvalue weighted by Gasteiger charge is 2.51. The van der Waals surface area contributed by atoms with Crippen molar-refractivity contribution in [3.05, 3.63) is 35.9 Å². The fraction of sp³-hybridized carbons (Fsp3) is 0.500. The van der Waals surface area contributed by atoms with Gasteiger partial charge < -0.3 is 9.47 Å². The first-order valence-corrected chi connectivity index (χ1v) is 6.93. The topological polar surface area (TPSA) is 55.8 Å². The standard InChI is InChI=1S/C16H21NO4/c1-16(2,3)13-12(14(18)20-4)17(15(19)21-13)10-11-8-6-5-7-9-11/h5-9,12-13H,10H2,1-4H3/t12-,13-/m1/s1. The molecule has 1 saturated heterocycles. The van der Waals surface area contributed by atoms with E-state index in [1.807, 2.05) is 51.1 Å². The molecule has 0 N–H and O–H groups in total. The first kappa shape index (κ1) is 15.4. The molecule has 1 fully saturated rings. The van der Waals surface area contributed by atoms with Crippen LogP contribution in [0.1, 0.15) is 26.3 Å². The number of cyclic esters (lactones) is 1. The van der Waals surface area contributed by atoms with Crippen molar-refractivity contribution in [1.82, 2.24) is 4.90 Å². The number of rotatable bonds is 3. The van der Waals surface area contributed by atoms with E-state index in [1.165, 1.54) is 12.0 Å². The molecule has 1 amide bonds. The van der Waals surface area contributed by atoms with Crippen LogP contribution in [0.5, 0.6) is 0 Å². The van der Waals surface area contributed by atoms with Crippen LogP contribution < -0.4 is 0 Å². The molecule has 1 heterocycles. The van der Waals surface area contributed by atoms with Gasteiger partial charge in [-0.2, -0.15) is 0 Å². The predicted molar refractivity (Wildman–Crippen MR) is 77.5 cm³/mol. The van der Waals surface area contributed by atoms with E-state index in [2.05, 4.69) is 0 Å². The van der Waals surface area contributed by atoms with E-state index in [1.54, 1.807) is 0 Å². The van der Waals surface area contributed by atoms with Crippen LogP contribution in [0.25, 0.3) is 0 Å². The number of carbonyl (C=O) groups excluding carboxylic acids is 2. The van der Waals surface area contributed by atoms with Crippen molar-refractivity contribution < 1.29 is 19.1 Å². The van der Waals surface area contributed by atoms with Crippen LogP contribution >= 0.6 is 0 Å². The van der Waals surface area contributed by atoms with Crippen molar-refractivity contribution in [3.8, 4) is 0 Å². The summed E-state index contributed by atoms with van der Waals surface area (Å²) >= 11 is 0. The zero-order valence-corrected chi connectivity index (χ0v) is 12.8. The maximum absolute atomic E-state index is 12.2. The Morgan fingerprint density at radius 2 is 1.90 bits per heavy atom. The van der Waals surface area contributed by atoms with Gasteiger partial charge in [0, 0.05) is 5.41 Å². The van der Waals surface area contributed by atoms with Crippen molar-refractivity contribution in [1.29, 1.82) is 0 Å². The summed E-state index contributed by atoms with van der Waals surface area (Å²) < 4.78 is 10.3. The second-order valence-electron chi connectivity index (χ2n) is 6.25. The summed E-state index contributed by atoms with van der Waals surface area (Å²) in [6.07, 6.45) is -1.00. The second kappa shape index (κ2) is 5.76. The van der Waals surface area contributed by atoms with E-state index in [-0.39, 0.29) is 5.41 Å². The lowest BCUT2D eigenvalue weighted by Gasteiger charge is -2.30. The number of carbonyl (C=O) groups is 2. The van der Waals surface area contributed by atoms with Crippen molar-refractivity contribution in [3.63, 3.8) is 0 Å². The summed E-state index contributed by atoms with van der Waals surface area (Å²) in [5.41, 5.74) is 0.595. The van der Waals surface area contributed by atoms with Gasteiger partial charge in [0.15, 0.2) is 6.04 Å². The largest absolute Gasteiger partial charge is 0.467 e. The summed E-state index contributed by atoms with van der Waals surface area (Å²) in [6.45, 7) is 6.14. The van der Waals surface area contributed by atoms with Gasteiger partial charge in [-0.15, -0.1) is 0 Å². The smallest absolute Gasteiger partial charge is 0.411 e. The van der Waals surface area contributed by atoms with Crippen molar-refractivity contribution in [2.45, 2.75) is 39.5 Å². The molecule has 2 rings (SSSR count). The van der Waals surface area contributed by atoms with E-state index in [0.29, 0.717) is 6.54 Å². The molecule has 114 valence electrons. The Kier molecular flexibility index (Phi) is 4.21. The maximum atomic E-state index is 12.2. The Bertz CT molecular complexity index is 521. The Labute approximate surface area is 124 Å². The predicted octanol–water partition coefficient (Wildman–Crippen LogP) is 2.60. The molecule has 0 bridgehead atoms. The lowest BCUT2D eigenvalue weighted by molar-refractivity contribution is -0.148. The molecule has 5 nitrogen and oxygen atoms in total. The number of methoxy groups -OCH3 is 1. The molecule has 5 heteroatoms. The average Bonchev–Trinajstić information content (AvgIpc) is 2.76. The van der Waals surface area contributed by atoms with Crippen LogP contribution in [0, 0.1) is 5.41 Å². The molecule has 1 aromatic carbocycles. The quantitative estimate of drug-likeness (QED) is 0.803. The van der Waals surface area contributed by atoms with Gasteiger partial charge in [0.25, 0.3) is 0 Å². The van der Waals surface area contributed by atoms with Crippen LogP contribution in [0.4, 0.5) is 4.79 Å². The zero-order chi connectivity index (χ0) is 15.6. The third-order valence-corrected chi connectivity index (χ3v) is 3.58. The highest BCUT2D eigenvalue weighted by atomic mass is 16.6. The van der Waals surface area contributed by atoms with Gasteiger partial charge in [-0.3, -0.25) is 4.90 Å². The number of ether oxygens (including phenoxy) is 2. The molecule has 0 radical (unpaired) electrons. The summed E-state index contributed by atoms with van der Waals surface area (Å²) in [5.74, 6) is -0.447. The van der Waals surface area contributed by atoms with Crippen molar-refractivity contribution >= 4 is 12.1 Å². The van der Waals surface area contributed by atoms with Crippen LogP contribution in [0.3, 0.4) is 0 Å². The van der Waals surface area contributed by atoms with Gasteiger partial charge in [-0.25, -0.2) is 9.59 Å². The van der Waals surface area contributed by atoms with E-state index in [9.17, 15) is 9.59 Å². The normalized spacial score (nSPS) is 22.1. The molecular weight excluding hydrogens is 270 g/mol. The van der Waals surface area contributed by atoms with Gasteiger partial charge in [0.05, 0.1) is 13.7 Å². The lowest BCUT2D eigenvalue weighted by atomic mass is 9.84. The van der Waals surface area contributed by atoms with Gasteiger partial charge in [-0.05, 0) is 5.56 Å². The molecule has 1 aliphatic heterocycles. The Morgan fingerprint density at radius 3 is 2.43 bits per heavy atom. The molecule has 1 aromatic rings. The summed E-state index contributed by atoms with van der Waals surface area (Å²) in [6, 6.07) is 8.79. The van der Waals surface area contributed by atoms with E-state index >= 15 is 0 Å². The minimum atomic E-state index is -0.720. The van der Waals surface area contributed by atoms with E-state index in [0.717, 1.165) is 5.56 Å².